The van der Waals surface area contributed by atoms with Crippen molar-refractivity contribution >= 4 is 23.4 Å². The molecule has 4 rings (SSSR count). The van der Waals surface area contributed by atoms with Gasteiger partial charge in [-0.15, -0.1) is 10.2 Å². The summed E-state index contributed by atoms with van der Waals surface area (Å²) in [5.74, 6) is 2.23. The number of hydrogen-bond acceptors (Lipinski definition) is 6. The molecule has 0 bridgehead atoms. The number of hydrogen-bond donors (Lipinski definition) is 0. The fourth-order valence-corrected chi connectivity index (χ4v) is 4.74. The van der Waals surface area contributed by atoms with Gasteiger partial charge in [0.15, 0.2) is 5.16 Å². The Morgan fingerprint density at radius 3 is 2.53 bits per heavy atom. The summed E-state index contributed by atoms with van der Waals surface area (Å²) >= 11 is 1.47. The fraction of sp³-hybridized carbons (Fsp3) is 0.375. The topological polar surface area (TPSA) is 63.5 Å². The molecule has 0 aliphatic carbocycles. The van der Waals surface area contributed by atoms with Gasteiger partial charge in [-0.2, -0.15) is 0 Å². The van der Waals surface area contributed by atoms with E-state index in [2.05, 4.69) is 43.9 Å². The molecule has 8 heteroatoms. The summed E-state index contributed by atoms with van der Waals surface area (Å²) in [6.07, 6.45) is 0.950. The number of methoxy groups -OCH3 is 1. The van der Waals surface area contributed by atoms with Gasteiger partial charge in [0, 0.05) is 31.9 Å². The van der Waals surface area contributed by atoms with Crippen LogP contribution in [0.5, 0.6) is 5.75 Å². The van der Waals surface area contributed by atoms with E-state index in [0.717, 1.165) is 49.3 Å². The van der Waals surface area contributed by atoms with E-state index in [1.54, 1.807) is 7.11 Å². The highest BCUT2D eigenvalue weighted by Crippen LogP contribution is 2.22. The molecular formula is C24H29N5O2S. The van der Waals surface area contributed by atoms with Crippen LogP contribution in [0.4, 0.5) is 5.69 Å². The SMILES string of the molecule is COc1ccc(N2CCCN(C(=O)CSc3nnc(C)n3Cc3ccccc3)CC2)cc1. The molecule has 0 saturated carbocycles. The summed E-state index contributed by atoms with van der Waals surface area (Å²) < 4.78 is 7.32. The number of nitrogens with zero attached hydrogens (tertiary/aromatic N) is 5. The highest BCUT2D eigenvalue weighted by atomic mass is 32.2. The predicted molar refractivity (Wildman–Crippen MR) is 127 cm³/mol. The molecule has 1 fully saturated rings. The molecule has 0 spiro atoms. The van der Waals surface area contributed by atoms with Gasteiger partial charge in [-0.1, -0.05) is 42.1 Å². The average molecular weight is 452 g/mol. The van der Waals surface area contributed by atoms with Gasteiger partial charge in [-0.25, -0.2) is 0 Å². The van der Waals surface area contributed by atoms with Gasteiger partial charge in [-0.3, -0.25) is 4.79 Å². The average Bonchev–Trinajstić information content (AvgIpc) is 3.02. The molecule has 168 valence electrons. The quantitative estimate of drug-likeness (QED) is 0.513. The minimum Gasteiger partial charge on any atom is -0.497 e. The molecule has 0 radical (unpaired) electrons. The molecule has 2 heterocycles. The molecule has 0 atom stereocenters. The number of rotatable bonds is 7. The first-order chi connectivity index (χ1) is 15.6. The van der Waals surface area contributed by atoms with Crippen LogP contribution in [0.2, 0.25) is 0 Å². The van der Waals surface area contributed by atoms with Crippen LogP contribution in [0.25, 0.3) is 0 Å². The van der Waals surface area contributed by atoms with Crippen LogP contribution in [0.15, 0.2) is 59.8 Å². The van der Waals surface area contributed by atoms with E-state index in [4.69, 9.17) is 4.74 Å². The lowest BCUT2D eigenvalue weighted by molar-refractivity contribution is -0.128. The fourth-order valence-electron chi connectivity index (χ4n) is 3.85. The Labute approximate surface area is 193 Å². The Morgan fingerprint density at radius 2 is 1.78 bits per heavy atom. The van der Waals surface area contributed by atoms with Crippen LogP contribution < -0.4 is 9.64 Å². The lowest BCUT2D eigenvalue weighted by Crippen LogP contribution is -2.36. The molecule has 7 nitrogen and oxygen atoms in total. The number of aromatic nitrogens is 3. The normalized spacial score (nSPS) is 14.3. The van der Waals surface area contributed by atoms with E-state index in [0.29, 0.717) is 12.3 Å². The van der Waals surface area contributed by atoms with Gasteiger partial charge in [-0.05, 0) is 43.2 Å². The predicted octanol–water partition coefficient (Wildman–Crippen LogP) is 3.47. The Balaban J connectivity index is 1.33. The largest absolute Gasteiger partial charge is 0.497 e. The van der Waals surface area contributed by atoms with E-state index in [1.165, 1.54) is 23.0 Å². The molecular weight excluding hydrogens is 422 g/mol. The van der Waals surface area contributed by atoms with Crippen molar-refractivity contribution in [3.63, 3.8) is 0 Å². The summed E-state index contributed by atoms with van der Waals surface area (Å²) in [7, 11) is 1.67. The monoisotopic (exact) mass is 451 g/mol. The second-order valence-electron chi connectivity index (χ2n) is 7.81. The molecule has 1 amide bonds. The van der Waals surface area contributed by atoms with Gasteiger partial charge < -0.3 is 19.1 Å². The Morgan fingerprint density at radius 1 is 1.00 bits per heavy atom. The van der Waals surface area contributed by atoms with E-state index in [9.17, 15) is 4.79 Å². The zero-order valence-corrected chi connectivity index (χ0v) is 19.4. The third kappa shape index (κ3) is 5.43. The van der Waals surface area contributed by atoms with Gasteiger partial charge in [0.05, 0.1) is 19.4 Å². The first kappa shape index (κ1) is 22.2. The summed E-state index contributed by atoms with van der Waals surface area (Å²) in [6.45, 7) is 5.92. The molecule has 3 aromatic rings. The molecule has 0 unspecified atom stereocenters. The van der Waals surface area contributed by atoms with E-state index >= 15 is 0 Å². The third-order valence-electron chi connectivity index (χ3n) is 5.70. The van der Waals surface area contributed by atoms with Crippen LogP contribution >= 0.6 is 11.8 Å². The van der Waals surface area contributed by atoms with Crippen molar-refractivity contribution in [3.8, 4) is 5.75 Å². The molecule has 0 N–H and O–H groups in total. The van der Waals surface area contributed by atoms with Gasteiger partial charge in [0.2, 0.25) is 5.91 Å². The molecule has 32 heavy (non-hydrogen) atoms. The lowest BCUT2D eigenvalue weighted by atomic mass is 10.2. The smallest absolute Gasteiger partial charge is 0.233 e. The van der Waals surface area contributed by atoms with Crippen molar-refractivity contribution in [2.24, 2.45) is 0 Å². The second kappa shape index (κ2) is 10.5. The highest BCUT2D eigenvalue weighted by molar-refractivity contribution is 7.99. The number of benzene rings is 2. The second-order valence-corrected chi connectivity index (χ2v) is 8.75. The number of carbonyl (C=O) groups excluding carboxylic acids is 1. The standard InChI is InChI=1S/C24H29N5O2S/c1-19-25-26-24(29(19)17-20-7-4-3-5-8-20)32-18-23(30)28-14-6-13-27(15-16-28)21-9-11-22(31-2)12-10-21/h3-5,7-12H,6,13-18H2,1-2H3. The van der Waals surface area contributed by atoms with Crippen molar-refractivity contribution in [2.45, 2.75) is 25.0 Å². The summed E-state index contributed by atoms with van der Waals surface area (Å²) in [4.78, 5) is 17.2. The van der Waals surface area contributed by atoms with Crippen molar-refractivity contribution in [2.75, 3.05) is 43.9 Å². The number of ether oxygens (including phenoxy) is 1. The lowest BCUT2D eigenvalue weighted by Gasteiger charge is -2.24. The molecule has 1 aromatic heterocycles. The highest BCUT2D eigenvalue weighted by Gasteiger charge is 2.21. The van der Waals surface area contributed by atoms with Crippen LogP contribution in [0.1, 0.15) is 17.8 Å². The molecule has 1 saturated heterocycles. The van der Waals surface area contributed by atoms with E-state index < -0.39 is 0 Å². The van der Waals surface area contributed by atoms with Gasteiger partial charge in [0.25, 0.3) is 0 Å². The maximum atomic E-state index is 12.9. The minimum atomic E-state index is 0.151. The maximum absolute atomic E-state index is 12.9. The summed E-state index contributed by atoms with van der Waals surface area (Å²) in [5, 5.41) is 9.31. The van der Waals surface area contributed by atoms with Crippen LogP contribution in [-0.2, 0) is 11.3 Å². The van der Waals surface area contributed by atoms with Crippen molar-refractivity contribution in [3.05, 3.63) is 66.0 Å². The maximum Gasteiger partial charge on any atom is 0.233 e. The van der Waals surface area contributed by atoms with Crippen molar-refractivity contribution in [1.82, 2.24) is 19.7 Å². The third-order valence-corrected chi connectivity index (χ3v) is 6.65. The summed E-state index contributed by atoms with van der Waals surface area (Å²) in [5.41, 5.74) is 2.36. The number of aryl methyl sites for hydroxylation is 1. The van der Waals surface area contributed by atoms with Crippen molar-refractivity contribution < 1.29 is 9.53 Å². The Hall–Kier alpha value is -3.00. The van der Waals surface area contributed by atoms with E-state index in [1.807, 2.05) is 42.2 Å². The van der Waals surface area contributed by atoms with Crippen LogP contribution in [0, 0.1) is 6.92 Å². The zero-order valence-electron chi connectivity index (χ0n) is 18.6. The Bertz CT molecular complexity index is 1020. The van der Waals surface area contributed by atoms with Gasteiger partial charge in [0.1, 0.15) is 11.6 Å². The molecule has 1 aliphatic rings. The number of amides is 1. The van der Waals surface area contributed by atoms with Crippen LogP contribution in [0.3, 0.4) is 0 Å². The van der Waals surface area contributed by atoms with E-state index in [-0.39, 0.29) is 5.91 Å². The Kier molecular flexibility index (Phi) is 7.32. The zero-order chi connectivity index (χ0) is 22.3. The number of carbonyl (C=O) groups is 1. The first-order valence-electron chi connectivity index (χ1n) is 10.9. The van der Waals surface area contributed by atoms with Crippen molar-refractivity contribution in [1.29, 1.82) is 0 Å². The number of anilines is 1. The minimum absolute atomic E-state index is 0.151. The first-order valence-corrected chi connectivity index (χ1v) is 11.9. The van der Waals surface area contributed by atoms with Crippen LogP contribution in [-0.4, -0.2) is 64.6 Å². The molecule has 2 aromatic carbocycles. The summed E-state index contributed by atoms with van der Waals surface area (Å²) in [6, 6.07) is 18.4. The number of thioether (sulfide) groups is 1. The van der Waals surface area contributed by atoms with Gasteiger partial charge >= 0.3 is 0 Å². The molecule has 1 aliphatic heterocycles.